The van der Waals surface area contributed by atoms with Crippen molar-refractivity contribution in [3.05, 3.63) is 53.1 Å². The summed E-state index contributed by atoms with van der Waals surface area (Å²) in [4.78, 5) is 17.7. The van der Waals surface area contributed by atoms with Gasteiger partial charge in [-0.15, -0.1) is 12.4 Å². The molecule has 1 fully saturated rings. The average Bonchev–Trinajstić information content (AvgIpc) is 3.22. The van der Waals surface area contributed by atoms with Crippen molar-refractivity contribution in [1.82, 2.24) is 9.80 Å². The van der Waals surface area contributed by atoms with Gasteiger partial charge in [0.2, 0.25) is 12.7 Å². The van der Waals surface area contributed by atoms with Gasteiger partial charge in [0.1, 0.15) is 5.75 Å². The lowest BCUT2D eigenvalue weighted by Gasteiger charge is -2.35. The predicted octanol–water partition coefficient (Wildman–Crippen LogP) is 3.73. The Balaban J connectivity index is 0.00000259. The van der Waals surface area contributed by atoms with E-state index in [4.69, 9.17) is 14.2 Å². The fourth-order valence-corrected chi connectivity index (χ4v) is 5.17. The normalized spacial score (nSPS) is 20.1. The van der Waals surface area contributed by atoms with Crippen LogP contribution in [-0.2, 0) is 24.1 Å². The molecular formula is C26H33ClN2O4. The van der Waals surface area contributed by atoms with E-state index >= 15 is 0 Å². The van der Waals surface area contributed by atoms with E-state index in [0.717, 1.165) is 68.4 Å². The number of fused-ring (bicyclic) bond motifs is 2. The van der Waals surface area contributed by atoms with Crippen molar-refractivity contribution in [3.63, 3.8) is 0 Å². The summed E-state index contributed by atoms with van der Waals surface area (Å²) < 4.78 is 16.3. The summed E-state index contributed by atoms with van der Waals surface area (Å²) >= 11 is 0. The van der Waals surface area contributed by atoms with Gasteiger partial charge < -0.3 is 24.0 Å². The second kappa shape index (κ2) is 10.7. The molecule has 1 amide bonds. The maximum absolute atomic E-state index is 13.0. The van der Waals surface area contributed by atoms with E-state index in [2.05, 4.69) is 28.0 Å². The van der Waals surface area contributed by atoms with Gasteiger partial charge in [-0.25, -0.2) is 0 Å². The number of hydrogen-bond donors (Lipinski definition) is 0. The maximum Gasteiger partial charge on any atom is 0.231 e. The van der Waals surface area contributed by atoms with E-state index < -0.39 is 0 Å². The Morgan fingerprint density at radius 2 is 1.82 bits per heavy atom. The van der Waals surface area contributed by atoms with Crippen LogP contribution < -0.4 is 14.2 Å². The fourth-order valence-electron chi connectivity index (χ4n) is 5.17. The second-order valence-corrected chi connectivity index (χ2v) is 9.15. The zero-order chi connectivity index (χ0) is 21.9. The summed E-state index contributed by atoms with van der Waals surface area (Å²) in [6.07, 6.45) is 4.79. The number of carbonyl (C=O) groups is 1. The quantitative estimate of drug-likeness (QED) is 0.641. The number of benzene rings is 2. The third-order valence-corrected chi connectivity index (χ3v) is 7.00. The molecule has 0 bridgehead atoms. The number of nitrogens with zero attached hydrogens (tertiary/aromatic N) is 2. The lowest BCUT2D eigenvalue weighted by atomic mass is 9.96. The predicted molar refractivity (Wildman–Crippen MR) is 130 cm³/mol. The van der Waals surface area contributed by atoms with Crippen LogP contribution in [0, 0.1) is 5.92 Å². The highest BCUT2D eigenvalue weighted by atomic mass is 35.5. The summed E-state index contributed by atoms with van der Waals surface area (Å²) in [5, 5.41) is 0. The molecule has 1 unspecified atom stereocenters. The van der Waals surface area contributed by atoms with Crippen LogP contribution in [0.25, 0.3) is 0 Å². The molecule has 2 aromatic carbocycles. The highest BCUT2D eigenvalue weighted by molar-refractivity contribution is 5.85. The summed E-state index contributed by atoms with van der Waals surface area (Å²) in [6, 6.07) is 12.4. The van der Waals surface area contributed by atoms with E-state index in [1.165, 1.54) is 24.0 Å². The first-order valence-electron chi connectivity index (χ1n) is 11.7. The van der Waals surface area contributed by atoms with Crippen molar-refractivity contribution in [2.75, 3.05) is 46.6 Å². The molecule has 6 nitrogen and oxygen atoms in total. The molecule has 1 atom stereocenters. The first-order chi connectivity index (χ1) is 15.7. The van der Waals surface area contributed by atoms with Gasteiger partial charge in [0.15, 0.2) is 11.5 Å². The van der Waals surface area contributed by atoms with Crippen molar-refractivity contribution in [1.29, 1.82) is 0 Å². The van der Waals surface area contributed by atoms with Gasteiger partial charge in [0, 0.05) is 26.2 Å². The summed E-state index contributed by atoms with van der Waals surface area (Å²) in [6.45, 7) is 5.20. The summed E-state index contributed by atoms with van der Waals surface area (Å²) in [7, 11) is 1.70. The minimum Gasteiger partial charge on any atom is -0.497 e. The first-order valence-corrected chi connectivity index (χ1v) is 11.7. The zero-order valence-corrected chi connectivity index (χ0v) is 20.1. The average molecular weight is 473 g/mol. The molecule has 33 heavy (non-hydrogen) atoms. The van der Waals surface area contributed by atoms with E-state index in [1.807, 2.05) is 18.2 Å². The first kappa shape index (κ1) is 23.7. The largest absolute Gasteiger partial charge is 0.497 e. The van der Waals surface area contributed by atoms with Crippen molar-refractivity contribution >= 4 is 18.3 Å². The number of likely N-dealkylation sites (tertiary alicyclic amines) is 1. The van der Waals surface area contributed by atoms with Crippen LogP contribution >= 0.6 is 12.4 Å². The van der Waals surface area contributed by atoms with Crippen molar-refractivity contribution in [3.8, 4) is 17.2 Å². The van der Waals surface area contributed by atoms with Gasteiger partial charge in [0.05, 0.1) is 13.5 Å². The molecule has 1 saturated heterocycles. The number of halogens is 1. The van der Waals surface area contributed by atoms with Crippen LogP contribution in [0.2, 0.25) is 0 Å². The number of carbonyl (C=O) groups excluding carboxylic acids is 1. The van der Waals surface area contributed by atoms with Crippen LogP contribution in [0.5, 0.6) is 17.2 Å². The SMILES string of the molecule is COc1ccc(CCN2CCCC(CN3CCc4cc5c(cc4CC3=O)OCO5)C2)cc1.Cl. The molecule has 5 rings (SSSR count). The molecule has 3 aliphatic heterocycles. The van der Waals surface area contributed by atoms with Crippen LogP contribution in [0.15, 0.2) is 36.4 Å². The van der Waals surface area contributed by atoms with Crippen LogP contribution in [0.3, 0.4) is 0 Å². The molecular weight excluding hydrogens is 440 g/mol. The number of methoxy groups -OCH3 is 1. The van der Waals surface area contributed by atoms with Crippen molar-refractivity contribution < 1.29 is 19.0 Å². The summed E-state index contributed by atoms with van der Waals surface area (Å²) in [5.41, 5.74) is 3.65. The van der Waals surface area contributed by atoms with E-state index in [0.29, 0.717) is 12.3 Å². The lowest BCUT2D eigenvalue weighted by molar-refractivity contribution is -0.131. The standard InChI is InChI=1S/C26H32N2O4.ClH/c1-30-23-6-4-19(5-7-23)8-11-27-10-2-3-20(16-27)17-28-12-9-21-13-24-25(32-18-31-24)14-22(21)15-26(28)29;/h4-7,13-14,20H,2-3,8-12,15-18H2,1H3;1H. The Morgan fingerprint density at radius 3 is 2.58 bits per heavy atom. The van der Waals surface area contributed by atoms with E-state index in [-0.39, 0.29) is 25.1 Å². The molecule has 3 heterocycles. The highest BCUT2D eigenvalue weighted by Gasteiger charge is 2.28. The minimum atomic E-state index is 0. The van der Waals surface area contributed by atoms with Gasteiger partial charge in [0.25, 0.3) is 0 Å². The molecule has 0 aliphatic carbocycles. The molecule has 3 aliphatic rings. The maximum atomic E-state index is 13.0. The van der Waals surface area contributed by atoms with Crippen LogP contribution in [0.1, 0.15) is 29.5 Å². The van der Waals surface area contributed by atoms with Gasteiger partial charge in [-0.05, 0) is 79.1 Å². The van der Waals surface area contributed by atoms with Gasteiger partial charge >= 0.3 is 0 Å². The Labute approximate surface area is 202 Å². The number of rotatable bonds is 6. The Morgan fingerprint density at radius 1 is 1.06 bits per heavy atom. The van der Waals surface area contributed by atoms with Crippen LogP contribution in [-0.4, -0.2) is 62.3 Å². The van der Waals surface area contributed by atoms with E-state index in [9.17, 15) is 4.79 Å². The Hall–Kier alpha value is -2.44. The number of amides is 1. The third-order valence-electron chi connectivity index (χ3n) is 7.00. The van der Waals surface area contributed by atoms with Crippen molar-refractivity contribution in [2.24, 2.45) is 5.92 Å². The second-order valence-electron chi connectivity index (χ2n) is 9.15. The molecule has 178 valence electrons. The van der Waals surface area contributed by atoms with E-state index in [1.54, 1.807) is 7.11 Å². The lowest BCUT2D eigenvalue weighted by Crippen LogP contribution is -2.44. The van der Waals surface area contributed by atoms with Gasteiger partial charge in [-0.2, -0.15) is 0 Å². The Bertz CT molecular complexity index is 966. The Kier molecular flexibility index (Phi) is 7.66. The smallest absolute Gasteiger partial charge is 0.231 e. The fraction of sp³-hybridized carbons (Fsp3) is 0.500. The molecule has 0 spiro atoms. The summed E-state index contributed by atoms with van der Waals surface area (Å²) in [5.74, 6) is 3.26. The monoisotopic (exact) mass is 472 g/mol. The molecule has 0 radical (unpaired) electrons. The van der Waals surface area contributed by atoms with Gasteiger partial charge in [-0.1, -0.05) is 12.1 Å². The molecule has 0 N–H and O–H groups in total. The highest BCUT2D eigenvalue weighted by Crippen LogP contribution is 2.36. The van der Waals surface area contributed by atoms with Gasteiger partial charge in [-0.3, -0.25) is 4.79 Å². The van der Waals surface area contributed by atoms with Crippen LogP contribution in [0.4, 0.5) is 0 Å². The molecule has 7 heteroatoms. The number of piperidine rings is 1. The number of ether oxygens (including phenoxy) is 3. The zero-order valence-electron chi connectivity index (χ0n) is 19.3. The number of hydrogen-bond acceptors (Lipinski definition) is 5. The topological polar surface area (TPSA) is 51.2 Å². The minimum absolute atomic E-state index is 0. The molecule has 0 saturated carbocycles. The third kappa shape index (κ3) is 5.56. The molecule has 0 aromatic heterocycles. The molecule has 2 aromatic rings. The van der Waals surface area contributed by atoms with Crippen molar-refractivity contribution in [2.45, 2.75) is 32.1 Å².